The van der Waals surface area contributed by atoms with Gasteiger partial charge in [0.1, 0.15) is 5.75 Å². The van der Waals surface area contributed by atoms with Gasteiger partial charge in [-0.05, 0) is 50.1 Å². The van der Waals surface area contributed by atoms with Crippen molar-refractivity contribution in [1.82, 2.24) is 9.80 Å². The molecule has 0 radical (unpaired) electrons. The summed E-state index contributed by atoms with van der Waals surface area (Å²) in [5, 5.41) is 8.77. The Morgan fingerprint density at radius 3 is 2.36 bits per heavy atom. The maximum atomic E-state index is 12.4. The van der Waals surface area contributed by atoms with E-state index in [1.165, 1.54) is 0 Å². The maximum absolute atomic E-state index is 12.4. The molecule has 0 aromatic heterocycles. The number of amides is 1. The van der Waals surface area contributed by atoms with E-state index >= 15 is 0 Å². The first-order valence-corrected chi connectivity index (χ1v) is 8.01. The molecule has 2 rings (SSSR count). The van der Waals surface area contributed by atoms with Crippen LogP contribution < -0.4 is 4.74 Å². The number of piperazine rings is 1. The summed E-state index contributed by atoms with van der Waals surface area (Å²) in [5.41, 5.74) is 0.720. The van der Waals surface area contributed by atoms with Crippen LogP contribution in [0.5, 0.6) is 5.75 Å². The van der Waals surface area contributed by atoms with Crippen molar-refractivity contribution < 1.29 is 14.6 Å². The fourth-order valence-corrected chi connectivity index (χ4v) is 2.71. The first kappa shape index (κ1) is 16.8. The van der Waals surface area contributed by atoms with Gasteiger partial charge < -0.3 is 14.7 Å². The van der Waals surface area contributed by atoms with Crippen molar-refractivity contribution in [2.24, 2.45) is 0 Å². The molecule has 1 aromatic carbocycles. The number of hydrogen-bond acceptors (Lipinski definition) is 4. The Balaban J connectivity index is 1.76. The summed E-state index contributed by atoms with van der Waals surface area (Å²) in [7, 11) is 1.62. The summed E-state index contributed by atoms with van der Waals surface area (Å²) in [5.74, 6) is 0.867. The van der Waals surface area contributed by atoms with Crippen LogP contribution in [0, 0.1) is 0 Å². The lowest BCUT2D eigenvalue weighted by atomic mass is 10.1. The highest BCUT2D eigenvalue weighted by Crippen LogP contribution is 2.14. The zero-order chi connectivity index (χ0) is 15.8. The number of methoxy groups -OCH3 is 1. The number of carbonyl (C=O) groups is 1. The average molecular weight is 306 g/mol. The van der Waals surface area contributed by atoms with E-state index in [4.69, 9.17) is 9.84 Å². The Hall–Kier alpha value is -1.59. The number of unbranched alkanes of at least 4 members (excludes halogenated alkanes) is 2. The molecule has 0 spiro atoms. The van der Waals surface area contributed by atoms with Crippen LogP contribution in [0.3, 0.4) is 0 Å². The molecule has 0 aliphatic carbocycles. The van der Waals surface area contributed by atoms with Crippen molar-refractivity contribution >= 4 is 5.91 Å². The van der Waals surface area contributed by atoms with Crippen molar-refractivity contribution in [1.29, 1.82) is 0 Å². The van der Waals surface area contributed by atoms with Crippen molar-refractivity contribution in [3.8, 4) is 5.75 Å². The van der Waals surface area contributed by atoms with E-state index in [0.29, 0.717) is 0 Å². The minimum absolute atomic E-state index is 0.0996. The molecule has 1 N–H and O–H groups in total. The van der Waals surface area contributed by atoms with Crippen molar-refractivity contribution in [3.63, 3.8) is 0 Å². The third-order valence-electron chi connectivity index (χ3n) is 4.13. The zero-order valence-corrected chi connectivity index (χ0v) is 13.3. The number of aliphatic hydroxyl groups is 1. The van der Waals surface area contributed by atoms with Crippen molar-refractivity contribution in [2.75, 3.05) is 46.4 Å². The lowest BCUT2D eigenvalue weighted by molar-refractivity contribution is 0.0634. The highest BCUT2D eigenvalue weighted by molar-refractivity contribution is 5.94. The molecule has 1 fully saturated rings. The van der Waals surface area contributed by atoms with E-state index in [1.807, 2.05) is 29.2 Å². The van der Waals surface area contributed by atoms with Crippen molar-refractivity contribution in [2.45, 2.75) is 19.3 Å². The normalized spacial score (nSPS) is 15.8. The summed E-state index contributed by atoms with van der Waals surface area (Å²) < 4.78 is 5.12. The molecule has 1 amide bonds. The molecule has 1 aliphatic heterocycles. The quantitative estimate of drug-likeness (QED) is 0.778. The Bertz CT molecular complexity index is 453. The summed E-state index contributed by atoms with van der Waals surface area (Å²) in [6.07, 6.45) is 3.07. The molecule has 1 aliphatic rings. The Morgan fingerprint density at radius 1 is 1.09 bits per heavy atom. The molecule has 1 aromatic rings. The lowest BCUT2D eigenvalue weighted by Gasteiger charge is -2.34. The summed E-state index contributed by atoms with van der Waals surface area (Å²) in [4.78, 5) is 16.8. The topological polar surface area (TPSA) is 53.0 Å². The molecular weight excluding hydrogens is 280 g/mol. The number of ether oxygens (including phenoxy) is 1. The molecule has 1 heterocycles. The summed E-state index contributed by atoms with van der Waals surface area (Å²) in [6.45, 7) is 4.77. The molecule has 0 bridgehead atoms. The third kappa shape index (κ3) is 4.71. The van der Waals surface area contributed by atoms with E-state index in [0.717, 1.165) is 63.3 Å². The number of rotatable bonds is 7. The van der Waals surface area contributed by atoms with E-state index in [-0.39, 0.29) is 12.5 Å². The van der Waals surface area contributed by atoms with Crippen molar-refractivity contribution in [3.05, 3.63) is 29.8 Å². The molecule has 0 unspecified atom stereocenters. The van der Waals surface area contributed by atoms with Crippen LogP contribution >= 0.6 is 0 Å². The van der Waals surface area contributed by atoms with E-state index in [2.05, 4.69) is 4.90 Å². The van der Waals surface area contributed by atoms with E-state index in [1.54, 1.807) is 7.11 Å². The predicted octanol–water partition coefficient (Wildman–Crippen LogP) is 1.62. The van der Waals surface area contributed by atoms with Crippen LogP contribution in [-0.4, -0.2) is 67.3 Å². The number of hydrogen-bond donors (Lipinski definition) is 1. The van der Waals surface area contributed by atoms with Gasteiger partial charge in [-0.25, -0.2) is 0 Å². The van der Waals surface area contributed by atoms with Gasteiger partial charge in [0.25, 0.3) is 5.91 Å². The van der Waals surface area contributed by atoms with E-state index < -0.39 is 0 Å². The van der Waals surface area contributed by atoms with Gasteiger partial charge in [0.05, 0.1) is 7.11 Å². The monoisotopic (exact) mass is 306 g/mol. The first-order valence-electron chi connectivity index (χ1n) is 8.01. The van der Waals surface area contributed by atoms with Gasteiger partial charge in [-0.15, -0.1) is 0 Å². The molecule has 5 nitrogen and oxygen atoms in total. The number of carbonyl (C=O) groups excluding carboxylic acids is 1. The summed E-state index contributed by atoms with van der Waals surface area (Å²) in [6, 6.07) is 7.29. The molecule has 1 saturated heterocycles. The van der Waals surface area contributed by atoms with Gasteiger partial charge >= 0.3 is 0 Å². The highest BCUT2D eigenvalue weighted by atomic mass is 16.5. The zero-order valence-electron chi connectivity index (χ0n) is 13.3. The Labute approximate surface area is 132 Å². The van der Waals surface area contributed by atoms with Crippen LogP contribution in [0.4, 0.5) is 0 Å². The fraction of sp³-hybridized carbons (Fsp3) is 0.588. The van der Waals surface area contributed by atoms with Gasteiger partial charge in [-0.2, -0.15) is 0 Å². The Kier molecular flexibility index (Phi) is 6.68. The second-order valence-electron chi connectivity index (χ2n) is 5.65. The smallest absolute Gasteiger partial charge is 0.253 e. The minimum atomic E-state index is 0.0996. The number of nitrogens with zero attached hydrogens (tertiary/aromatic N) is 2. The predicted molar refractivity (Wildman–Crippen MR) is 86.3 cm³/mol. The van der Waals surface area contributed by atoms with Crippen LogP contribution in [0.25, 0.3) is 0 Å². The van der Waals surface area contributed by atoms with Crippen LogP contribution in [0.1, 0.15) is 29.6 Å². The first-order chi connectivity index (χ1) is 10.7. The van der Waals surface area contributed by atoms with E-state index in [9.17, 15) is 4.79 Å². The van der Waals surface area contributed by atoms with Gasteiger partial charge in [-0.1, -0.05) is 0 Å². The molecule has 0 atom stereocenters. The molecular formula is C17H26N2O3. The molecule has 5 heteroatoms. The SMILES string of the molecule is COc1ccc(C(=O)N2CCN(CCCCCO)CC2)cc1. The Morgan fingerprint density at radius 2 is 1.77 bits per heavy atom. The molecule has 0 saturated carbocycles. The molecule has 122 valence electrons. The standard InChI is InChI=1S/C17H26N2O3/c1-22-16-7-5-15(6-8-16)17(21)19-12-10-18(11-13-19)9-3-2-4-14-20/h5-8,20H,2-4,9-14H2,1H3. The lowest BCUT2D eigenvalue weighted by Crippen LogP contribution is -2.48. The fourth-order valence-electron chi connectivity index (χ4n) is 2.71. The summed E-state index contributed by atoms with van der Waals surface area (Å²) >= 11 is 0. The molecule has 22 heavy (non-hydrogen) atoms. The minimum Gasteiger partial charge on any atom is -0.497 e. The van der Waals surface area contributed by atoms with Crippen LogP contribution in [0.2, 0.25) is 0 Å². The van der Waals surface area contributed by atoms with Gasteiger partial charge in [0.15, 0.2) is 0 Å². The van der Waals surface area contributed by atoms with Crippen LogP contribution in [0.15, 0.2) is 24.3 Å². The number of aliphatic hydroxyl groups excluding tert-OH is 1. The van der Waals surface area contributed by atoms with Gasteiger partial charge in [0, 0.05) is 38.3 Å². The second kappa shape index (κ2) is 8.76. The average Bonchev–Trinajstić information content (AvgIpc) is 2.59. The van der Waals surface area contributed by atoms with Gasteiger partial charge in [0.2, 0.25) is 0 Å². The largest absolute Gasteiger partial charge is 0.497 e. The highest BCUT2D eigenvalue weighted by Gasteiger charge is 2.21. The second-order valence-corrected chi connectivity index (χ2v) is 5.65. The maximum Gasteiger partial charge on any atom is 0.253 e. The number of benzene rings is 1. The third-order valence-corrected chi connectivity index (χ3v) is 4.13. The van der Waals surface area contributed by atoms with Crippen LogP contribution in [-0.2, 0) is 0 Å². The van der Waals surface area contributed by atoms with Gasteiger partial charge in [-0.3, -0.25) is 9.69 Å².